The molecule has 2 N–H and O–H groups in total. The third-order valence-corrected chi connectivity index (χ3v) is 7.03. The normalized spacial score (nSPS) is 14.9. The van der Waals surface area contributed by atoms with Crippen LogP contribution in [0.3, 0.4) is 0 Å². The lowest BCUT2D eigenvalue weighted by Crippen LogP contribution is -2.33. The van der Waals surface area contributed by atoms with E-state index >= 15 is 0 Å². The second-order valence-corrected chi connectivity index (χ2v) is 9.87. The molecule has 1 fully saturated rings. The summed E-state index contributed by atoms with van der Waals surface area (Å²) < 4.78 is 27.9. The third-order valence-electron chi connectivity index (χ3n) is 4.69. The van der Waals surface area contributed by atoms with Gasteiger partial charge in [0.05, 0.1) is 16.1 Å². The zero-order chi connectivity index (χ0) is 20.3. The van der Waals surface area contributed by atoms with E-state index in [0.29, 0.717) is 11.6 Å². The monoisotopic (exact) mass is 420 g/mol. The first-order valence-corrected chi connectivity index (χ1v) is 11.7. The summed E-state index contributed by atoms with van der Waals surface area (Å²) in [7, 11) is -3.80. The minimum atomic E-state index is -3.80. The van der Waals surface area contributed by atoms with Gasteiger partial charge in [-0.15, -0.1) is 0 Å². The van der Waals surface area contributed by atoms with E-state index in [1.165, 1.54) is 6.07 Å². The molecular formula is C20H24N2O4S2. The summed E-state index contributed by atoms with van der Waals surface area (Å²) in [5.41, 5.74) is 2.01. The van der Waals surface area contributed by atoms with Gasteiger partial charge in [0, 0.05) is 30.3 Å². The smallest absolute Gasteiger partial charge is 0.337 e. The Morgan fingerprint density at radius 2 is 1.75 bits per heavy atom. The van der Waals surface area contributed by atoms with Crippen LogP contribution in [0, 0.1) is 0 Å². The van der Waals surface area contributed by atoms with Crippen LogP contribution < -0.4 is 9.62 Å². The molecule has 0 aromatic heterocycles. The van der Waals surface area contributed by atoms with E-state index < -0.39 is 16.0 Å². The fourth-order valence-corrected chi connectivity index (χ4v) is 5.05. The zero-order valence-electron chi connectivity index (χ0n) is 15.9. The van der Waals surface area contributed by atoms with Crippen molar-refractivity contribution in [3.63, 3.8) is 0 Å². The van der Waals surface area contributed by atoms with E-state index in [4.69, 9.17) is 0 Å². The molecule has 1 saturated heterocycles. The molecule has 0 spiro atoms. The number of thioether (sulfide) groups is 1. The number of rotatable bonds is 6. The molecule has 0 radical (unpaired) electrons. The fraction of sp³-hybridized carbons (Fsp3) is 0.350. The average molecular weight is 421 g/mol. The van der Waals surface area contributed by atoms with Crippen molar-refractivity contribution in [2.45, 2.75) is 24.7 Å². The van der Waals surface area contributed by atoms with E-state index in [-0.39, 0.29) is 16.1 Å². The lowest BCUT2D eigenvalue weighted by molar-refractivity contribution is 0.0697. The summed E-state index contributed by atoms with van der Waals surface area (Å²) in [6.07, 6.45) is 0. The molecule has 6 nitrogen and oxygen atoms in total. The lowest BCUT2D eigenvalue weighted by atomic mass is 10.0. The van der Waals surface area contributed by atoms with Crippen LogP contribution in [0.5, 0.6) is 0 Å². The highest BCUT2D eigenvalue weighted by molar-refractivity contribution is 7.99. The molecule has 28 heavy (non-hydrogen) atoms. The van der Waals surface area contributed by atoms with Gasteiger partial charge in [0.1, 0.15) is 0 Å². The van der Waals surface area contributed by atoms with Crippen molar-refractivity contribution in [2.24, 2.45) is 0 Å². The van der Waals surface area contributed by atoms with E-state index in [9.17, 15) is 18.3 Å². The number of hydrogen-bond acceptors (Lipinski definition) is 5. The number of carboxylic acid groups (broad SMARTS) is 1. The number of nitrogens with zero attached hydrogens (tertiary/aromatic N) is 1. The summed E-state index contributed by atoms with van der Waals surface area (Å²) >= 11 is 1.84. The summed E-state index contributed by atoms with van der Waals surface area (Å²) in [6, 6.07) is 11.4. The van der Waals surface area contributed by atoms with Crippen molar-refractivity contribution in [3.05, 3.63) is 53.6 Å². The van der Waals surface area contributed by atoms with E-state index in [0.717, 1.165) is 30.2 Å². The molecule has 8 heteroatoms. The van der Waals surface area contributed by atoms with Crippen molar-refractivity contribution in [1.29, 1.82) is 0 Å². The maximum Gasteiger partial charge on any atom is 0.337 e. The Morgan fingerprint density at radius 1 is 1.11 bits per heavy atom. The third kappa shape index (κ3) is 4.62. The highest BCUT2D eigenvalue weighted by atomic mass is 32.2. The summed E-state index contributed by atoms with van der Waals surface area (Å²) in [5.74, 6) is 1.12. The summed E-state index contributed by atoms with van der Waals surface area (Å²) in [6.45, 7) is 5.63. The molecule has 0 unspecified atom stereocenters. The molecule has 1 aliphatic heterocycles. The van der Waals surface area contributed by atoms with Gasteiger partial charge in [-0.2, -0.15) is 11.8 Å². The quantitative estimate of drug-likeness (QED) is 0.738. The summed E-state index contributed by atoms with van der Waals surface area (Å²) in [5, 5.41) is 9.61. The molecule has 150 valence electrons. The molecule has 2 aromatic rings. The van der Waals surface area contributed by atoms with E-state index in [1.54, 1.807) is 36.4 Å². The van der Waals surface area contributed by atoms with Crippen molar-refractivity contribution < 1.29 is 18.3 Å². The molecule has 2 aromatic carbocycles. The Labute approximate surface area is 170 Å². The van der Waals surface area contributed by atoms with E-state index in [2.05, 4.69) is 4.72 Å². The van der Waals surface area contributed by atoms with Gasteiger partial charge in [0.15, 0.2) is 0 Å². The van der Waals surface area contributed by atoms with Crippen LogP contribution in [0.2, 0.25) is 0 Å². The topological polar surface area (TPSA) is 86.7 Å². The van der Waals surface area contributed by atoms with Gasteiger partial charge < -0.3 is 10.0 Å². The standard InChI is InChI=1S/C20H24N2O4S2/c1-14(2)15-3-6-17(7-4-15)28(25,26)21-16-5-8-19(18(13-16)20(23)24)22-9-11-27-12-10-22/h3-8,13-14,21H,9-12H2,1-2H3,(H,23,24). The first kappa shape index (κ1) is 20.5. The van der Waals surface area contributed by atoms with Gasteiger partial charge in [0.2, 0.25) is 0 Å². The van der Waals surface area contributed by atoms with Crippen LogP contribution >= 0.6 is 11.8 Å². The molecule has 0 bridgehead atoms. The molecule has 1 heterocycles. The molecule has 1 aliphatic rings. The lowest BCUT2D eigenvalue weighted by Gasteiger charge is -2.29. The first-order chi connectivity index (χ1) is 13.3. The van der Waals surface area contributed by atoms with Gasteiger partial charge in [-0.3, -0.25) is 4.72 Å². The molecule has 0 atom stereocenters. The Hall–Kier alpha value is -2.19. The number of nitrogens with one attached hydrogen (secondary N) is 1. The zero-order valence-corrected chi connectivity index (χ0v) is 17.5. The average Bonchev–Trinajstić information content (AvgIpc) is 2.68. The maximum absolute atomic E-state index is 12.7. The first-order valence-electron chi connectivity index (χ1n) is 9.11. The maximum atomic E-state index is 12.7. The van der Waals surface area contributed by atoms with Gasteiger partial charge >= 0.3 is 5.97 Å². The van der Waals surface area contributed by atoms with Crippen LogP contribution in [0.15, 0.2) is 47.4 Å². The van der Waals surface area contributed by atoms with Crippen LogP contribution in [0.4, 0.5) is 11.4 Å². The number of sulfonamides is 1. The highest BCUT2D eigenvalue weighted by Crippen LogP contribution is 2.28. The molecular weight excluding hydrogens is 396 g/mol. The minimum absolute atomic E-state index is 0.0993. The van der Waals surface area contributed by atoms with Gasteiger partial charge in [-0.25, -0.2) is 13.2 Å². The van der Waals surface area contributed by atoms with Gasteiger partial charge in [-0.05, 0) is 41.8 Å². The van der Waals surface area contributed by atoms with Crippen LogP contribution in [-0.4, -0.2) is 44.1 Å². The number of aromatic carboxylic acids is 1. The molecule has 0 amide bonds. The Kier molecular flexibility index (Phi) is 6.20. The predicted molar refractivity (Wildman–Crippen MR) is 114 cm³/mol. The number of carbonyl (C=O) groups is 1. The predicted octanol–water partition coefficient (Wildman–Crippen LogP) is 3.86. The second-order valence-electron chi connectivity index (χ2n) is 6.97. The number of benzene rings is 2. The van der Waals surface area contributed by atoms with Crippen molar-refractivity contribution >= 4 is 39.1 Å². The molecule has 0 saturated carbocycles. The molecule has 0 aliphatic carbocycles. The van der Waals surface area contributed by atoms with Crippen molar-refractivity contribution in [1.82, 2.24) is 0 Å². The SMILES string of the molecule is CC(C)c1ccc(S(=O)(=O)Nc2ccc(N3CCSCC3)c(C(=O)O)c2)cc1. The van der Waals surface area contributed by atoms with Crippen molar-refractivity contribution in [2.75, 3.05) is 34.2 Å². The van der Waals surface area contributed by atoms with E-state index in [1.807, 2.05) is 30.5 Å². The Bertz CT molecular complexity index is 951. The van der Waals surface area contributed by atoms with Crippen LogP contribution in [0.25, 0.3) is 0 Å². The summed E-state index contributed by atoms with van der Waals surface area (Å²) in [4.78, 5) is 13.9. The van der Waals surface area contributed by atoms with Gasteiger partial charge in [0.25, 0.3) is 10.0 Å². The fourth-order valence-electron chi connectivity index (χ4n) is 3.10. The minimum Gasteiger partial charge on any atom is -0.478 e. The van der Waals surface area contributed by atoms with Crippen molar-refractivity contribution in [3.8, 4) is 0 Å². The van der Waals surface area contributed by atoms with Crippen LogP contribution in [-0.2, 0) is 10.0 Å². The Balaban J connectivity index is 1.86. The number of hydrogen-bond donors (Lipinski definition) is 2. The largest absolute Gasteiger partial charge is 0.478 e. The van der Waals surface area contributed by atoms with Gasteiger partial charge in [-0.1, -0.05) is 26.0 Å². The number of carboxylic acids is 1. The Morgan fingerprint density at radius 3 is 2.32 bits per heavy atom. The van der Waals surface area contributed by atoms with Crippen LogP contribution in [0.1, 0.15) is 35.7 Å². The molecule has 3 rings (SSSR count). The highest BCUT2D eigenvalue weighted by Gasteiger charge is 2.21. The number of anilines is 2. The second kappa shape index (κ2) is 8.45.